The van der Waals surface area contributed by atoms with Crippen molar-refractivity contribution >= 4 is 23.0 Å². The summed E-state index contributed by atoms with van der Waals surface area (Å²) in [6.07, 6.45) is -0.634. The second-order valence-electron chi connectivity index (χ2n) is 4.82. The summed E-state index contributed by atoms with van der Waals surface area (Å²) in [7, 11) is 0. The van der Waals surface area contributed by atoms with Crippen LogP contribution in [0.5, 0.6) is 0 Å². The Balaban J connectivity index is 2.11. The summed E-state index contributed by atoms with van der Waals surface area (Å²) in [5.41, 5.74) is 1.01. The standard InChI is InChI=1S/C14H17NO2S/c1-8(12-11(9(2)16)14(17)15-12)13(18)10-6-4-3-5-7-10/h3-9,11-12,16H,1-2H3,(H,15,17)/t8?,9-,11-,12-/m1/s1. The SMILES string of the molecule is CC(C(=S)c1ccccc1)[C@H]1NC(=O)[C@@H]1[C@@H](C)O. The minimum absolute atomic E-state index is 0.0414. The first-order valence-corrected chi connectivity index (χ1v) is 6.51. The third-order valence-electron chi connectivity index (χ3n) is 3.53. The number of hydrogen-bond donors (Lipinski definition) is 2. The third-order valence-corrected chi connectivity index (χ3v) is 4.14. The first-order valence-electron chi connectivity index (χ1n) is 6.10. The highest BCUT2D eigenvalue weighted by Crippen LogP contribution is 2.28. The van der Waals surface area contributed by atoms with Gasteiger partial charge in [-0.05, 0) is 12.5 Å². The van der Waals surface area contributed by atoms with Gasteiger partial charge in [-0.15, -0.1) is 0 Å². The molecule has 1 aliphatic rings. The molecule has 1 unspecified atom stereocenters. The maximum atomic E-state index is 11.4. The third kappa shape index (κ3) is 2.31. The zero-order valence-electron chi connectivity index (χ0n) is 10.5. The molecule has 1 aliphatic heterocycles. The number of benzene rings is 1. The highest BCUT2D eigenvalue weighted by Gasteiger charge is 2.46. The molecule has 4 atom stereocenters. The second-order valence-corrected chi connectivity index (χ2v) is 5.26. The fraction of sp³-hybridized carbons (Fsp3) is 0.429. The summed E-state index contributed by atoms with van der Waals surface area (Å²) in [6, 6.07) is 9.71. The van der Waals surface area contributed by atoms with Crippen LogP contribution in [-0.2, 0) is 4.79 Å². The molecule has 0 aromatic heterocycles. The van der Waals surface area contributed by atoms with Crippen molar-refractivity contribution in [2.75, 3.05) is 0 Å². The van der Waals surface area contributed by atoms with E-state index in [2.05, 4.69) is 5.32 Å². The molecule has 1 aromatic rings. The van der Waals surface area contributed by atoms with Gasteiger partial charge in [-0.25, -0.2) is 0 Å². The smallest absolute Gasteiger partial charge is 0.228 e. The Morgan fingerprint density at radius 3 is 2.44 bits per heavy atom. The fourth-order valence-electron chi connectivity index (χ4n) is 2.40. The van der Waals surface area contributed by atoms with E-state index in [0.29, 0.717) is 0 Å². The molecule has 2 N–H and O–H groups in total. The van der Waals surface area contributed by atoms with Crippen molar-refractivity contribution in [2.45, 2.75) is 26.0 Å². The van der Waals surface area contributed by atoms with E-state index < -0.39 is 6.10 Å². The van der Waals surface area contributed by atoms with E-state index in [-0.39, 0.29) is 23.8 Å². The predicted molar refractivity (Wildman–Crippen MR) is 74.4 cm³/mol. The van der Waals surface area contributed by atoms with E-state index in [1.165, 1.54) is 0 Å². The normalized spacial score (nSPS) is 25.8. The largest absolute Gasteiger partial charge is 0.393 e. The van der Waals surface area contributed by atoms with E-state index in [1.807, 2.05) is 37.3 Å². The molecule has 1 saturated heterocycles. The molecule has 1 amide bonds. The Bertz CT molecular complexity index is 458. The van der Waals surface area contributed by atoms with Crippen LogP contribution < -0.4 is 5.32 Å². The first kappa shape index (κ1) is 13.2. The molecular weight excluding hydrogens is 246 g/mol. The summed E-state index contributed by atoms with van der Waals surface area (Å²) in [5, 5.41) is 12.4. The first-order chi connectivity index (χ1) is 8.52. The van der Waals surface area contributed by atoms with Crippen molar-refractivity contribution in [3.05, 3.63) is 35.9 Å². The number of amides is 1. The van der Waals surface area contributed by atoms with Gasteiger partial charge in [-0.1, -0.05) is 49.5 Å². The van der Waals surface area contributed by atoms with Gasteiger partial charge in [0.1, 0.15) is 0 Å². The van der Waals surface area contributed by atoms with Gasteiger partial charge in [0, 0.05) is 10.8 Å². The van der Waals surface area contributed by atoms with Gasteiger partial charge in [-0.3, -0.25) is 4.79 Å². The van der Waals surface area contributed by atoms with Crippen LogP contribution >= 0.6 is 12.2 Å². The number of β-lactam (4-membered cyclic amide) rings is 1. The van der Waals surface area contributed by atoms with Crippen molar-refractivity contribution < 1.29 is 9.90 Å². The Morgan fingerprint density at radius 2 is 1.94 bits per heavy atom. The zero-order chi connectivity index (χ0) is 13.3. The number of carbonyl (C=O) groups is 1. The van der Waals surface area contributed by atoms with Crippen molar-refractivity contribution in [1.82, 2.24) is 5.32 Å². The van der Waals surface area contributed by atoms with Crippen LogP contribution in [0.15, 0.2) is 30.3 Å². The molecule has 0 spiro atoms. The molecule has 0 radical (unpaired) electrons. The minimum Gasteiger partial charge on any atom is -0.393 e. The highest BCUT2D eigenvalue weighted by molar-refractivity contribution is 7.80. The number of carbonyl (C=O) groups excluding carboxylic acids is 1. The number of aliphatic hydroxyl groups is 1. The molecule has 1 heterocycles. The van der Waals surface area contributed by atoms with E-state index in [4.69, 9.17) is 12.2 Å². The van der Waals surface area contributed by atoms with Gasteiger partial charge in [0.2, 0.25) is 5.91 Å². The molecule has 96 valence electrons. The Hall–Kier alpha value is -1.26. The summed E-state index contributed by atoms with van der Waals surface area (Å²) < 4.78 is 0. The lowest BCUT2D eigenvalue weighted by molar-refractivity contribution is -0.141. The molecule has 1 fully saturated rings. The maximum absolute atomic E-state index is 11.4. The van der Waals surface area contributed by atoms with Crippen LogP contribution in [0.2, 0.25) is 0 Å². The average molecular weight is 263 g/mol. The fourth-order valence-corrected chi connectivity index (χ4v) is 2.68. The lowest BCUT2D eigenvalue weighted by Gasteiger charge is -2.42. The van der Waals surface area contributed by atoms with E-state index in [1.54, 1.807) is 6.92 Å². The van der Waals surface area contributed by atoms with Gasteiger partial charge in [0.05, 0.1) is 18.1 Å². The van der Waals surface area contributed by atoms with Crippen LogP contribution in [0.1, 0.15) is 19.4 Å². The van der Waals surface area contributed by atoms with Crippen molar-refractivity contribution in [2.24, 2.45) is 11.8 Å². The number of aliphatic hydroxyl groups excluding tert-OH is 1. The lowest BCUT2D eigenvalue weighted by Crippen LogP contribution is -2.65. The minimum atomic E-state index is -0.634. The molecule has 18 heavy (non-hydrogen) atoms. The Morgan fingerprint density at radius 1 is 1.33 bits per heavy atom. The summed E-state index contributed by atoms with van der Waals surface area (Å²) in [5.74, 6) is -0.390. The molecule has 0 bridgehead atoms. The average Bonchev–Trinajstić information content (AvgIpc) is 2.34. The quantitative estimate of drug-likeness (QED) is 0.492. The van der Waals surface area contributed by atoms with Crippen molar-refractivity contribution in [3.63, 3.8) is 0 Å². The number of thiocarbonyl (C=S) groups is 1. The van der Waals surface area contributed by atoms with Crippen molar-refractivity contribution in [3.8, 4) is 0 Å². The summed E-state index contributed by atoms with van der Waals surface area (Å²) in [6.45, 7) is 3.64. The van der Waals surface area contributed by atoms with Crippen LogP contribution in [0, 0.1) is 11.8 Å². The highest BCUT2D eigenvalue weighted by atomic mass is 32.1. The van der Waals surface area contributed by atoms with Gasteiger partial charge in [0.25, 0.3) is 0 Å². The van der Waals surface area contributed by atoms with Gasteiger partial charge in [-0.2, -0.15) is 0 Å². The number of nitrogens with one attached hydrogen (secondary N) is 1. The maximum Gasteiger partial charge on any atom is 0.228 e. The van der Waals surface area contributed by atoms with E-state index >= 15 is 0 Å². The molecule has 4 heteroatoms. The number of hydrogen-bond acceptors (Lipinski definition) is 3. The van der Waals surface area contributed by atoms with Crippen LogP contribution in [0.25, 0.3) is 0 Å². The molecular formula is C14H17NO2S. The second kappa shape index (κ2) is 5.16. The molecule has 0 saturated carbocycles. The van der Waals surface area contributed by atoms with Crippen LogP contribution in [0.4, 0.5) is 0 Å². The molecule has 1 aromatic carbocycles. The topological polar surface area (TPSA) is 49.3 Å². The molecule has 0 aliphatic carbocycles. The lowest BCUT2D eigenvalue weighted by atomic mass is 9.77. The summed E-state index contributed by atoms with van der Waals surface area (Å²) >= 11 is 5.46. The van der Waals surface area contributed by atoms with Crippen LogP contribution in [0.3, 0.4) is 0 Å². The van der Waals surface area contributed by atoms with Gasteiger partial charge < -0.3 is 10.4 Å². The van der Waals surface area contributed by atoms with Crippen LogP contribution in [-0.4, -0.2) is 28.0 Å². The Kier molecular flexibility index (Phi) is 3.78. The number of rotatable bonds is 4. The zero-order valence-corrected chi connectivity index (χ0v) is 11.3. The monoisotopic (exact) mass is 263 g/mol. The van der Waals surface area contributed by atoms with E-state index in [9.17, 15) is 9.90 Å². The van der Waals surface area contributed by atoms with E-state index in [0.717, 1.165) is 10.4 Å². The summed E-state index contributed by atoms with van der Waals surface area (Å²) in [4.78, 5) is 12.3. The van der Waals surface area contributed by atoms with Gasteiger partial charge >= 0.3 is 0 Å². The van der Waals surface area contributed by atoms with Gasteiger partial charge in [0.15, 0.2) is 0 Å². The predicted octanol–water partition coefficient (Wildman–Crippen LogP) is 1.54. The van der Waals surface area contributed by atoms with Crippen molar-refractivity contribution in [1.29, 1.82) is 0 Å². The Labute approximate surface area is 112 Å². The molecule has 2 rings (SSSR count). The molecule has 3 nitrogen and oxygen atoms in total.